The van der Waals surface area contributed by atoms with Gasteiger partial charge in [-0.15, -0.1) is 0 Å². The monoisotopic (exact) mass is 279 g/mol. The van der Waals surface area contributed by atoms with Crippen LogP contribution in [0.15, 0.2) is 33.2 Å². The highest BCUT2D eigenvalue weighted by atomic mass is 79.9. The van der Waals surface area contributed by atoms with Gasteiger partial charge in [-0.3, -0.25) is 0 Å². The molecule has 0 aliphatic heterocycles. The van der Waals surface area contributed by atoms with Crippen molar-refractivity contribution < 1.29 is 4.42 Å². The number of benzene rings is 1. The molecule has 1 fully saturated rings. The SMILES string of the molecule is N[C@H](CC1CC1)c1cc2cccc(Br)c2o1. The van der Waals surface area contributed by atoms with Crippen molar-refractivity contribution in [3.63, 3.8) is 0 Å². The van der Waals surface area contributed by atoms with Crippen LogP contribution in [-0.4, -0.2) is 0 Å². The minimum atomic E-state index is 0.0480. The van der Waals surface area contributed by atoms with Crippen molar-refractivity contribution in [2.75, 3.05) is 0 Å². The predicted octanol–water partition coefficient (Wildman–Crippen LogP) is 4.00. The maximum Gasteiger partial charge on any atom is 0.148 e. The quantitative estimate of drug-likeness (QED) is 0.923. The van der Waals surface area contributed by atoms with E-state index in [2.05, 4.69) is 28.1 Å². The summed E-state index contributed by atoms with van der Waals surface area (Å²) in [4.78, 5) is 0. The molecule has 2 N–H and O–H groups in total. The third-order valence-corrected chi connectivity index (χ3v) is 3.79. The van der Waals surface area contributed by atoms with E-state index in [9.17, 15) is 0 Å². The molecule has 84 valence electrons. The van der Waals surface area contributed by atoms with Crippen LogP contribution < -0.4 is 5.73 Å². The second kappa shape index (κ2) is 3.90. The van der Waals surface area contributed by atoms with Gasteiger partial charge in [0.25, 0.3) is 0 Å². The third kappa shape index (κ3) is 1.89. The van der Waals surface area contributed by atoms with E-state index in [4.69, 9.17) is 10.2 Å². The molecule has 1 heterocycles. The fourth-order valence-corrected chi connectivity index (χ4v) is 2.52. The lowest BCUT2D eigenvalue weighted by atomic mass is 10.1. The summed E-state index contributed by atoms with van der Waals surface area (Å²) in [6.07, 6.45) is 3.71. The summed E-state index contributed by atoms with van der Waals surface area (Å²) in [5.74, 6) is 1.74. The first-order valence-corrected chi connectivity index (χ1v) is 6.47. The van der Waals surface area contributed by atoms with Crippen LogP contribution in [0.3, 0.4) is 0 Å². The number of halogens is 1. The number of furan rings is 1. The minimum Gasteiger partial charge on any atom is -0.458 e. The summed E-state index contributed by atoms with van der Waals surface area (Å²) >= 11 is 3.49. The van der Waals surface area contributed by atoms with Gasteiger partial charge in [0.2, 0.25) is 0 Å². The normalized spacial score (nSPS) is 17.9. The van der Waals surface area contributed by atoms with Crippen LogP contribution in [0.4, 0.5) is 0 Å². The fraction of sp³-hybridized carbons (Fsp3) is 0.385. The highest BCUT2D eigenvalue weighted by Gasteiger charge is 2.26. The van der Waals surface area contributed by atoms with E-state index in [-0.39, 0.29) is 6.04 Å². The lowest BCUT2D eigenvalue weighted by Gasteiger charge is -2.06. The molecule has 2 aromatic rings. The van der Waals surface area contributed by atoms with Crippen molar-refractivity contribution in [3.8, 4) is 0 Å². The Bertz CT molecular complexity index is 516. The molecule has 0 bridgehead atoms. The van der Waals surface area contributed by atoms with Gasteiger partial charge in [0, 0.05) is 5.39 Å². The zero-order chi connectivity index (χ0) is 11.1. The Morgan fingerprint density at radius 2 is 2.25 bits per heavy atom. The van der Waals surface area contributed by atoms with Crippen molar-refractivity contribution in [1.82, 2.24) is 0 Å². The Kier molecular flexibility index (Phi) is 2.52. The molecule has 2 nitrogen and oxygen atoms in total. The van der Waals surface area contributed by atoms with Crippen LogP contribution in [0.2, 0.25) is 0 Å². The van der Waals surface area contributed by atoms with Crippen LogP contribution in [0.5, 0.6) is 0 Å². The maximum atomic E-state index is 6.14. The molecular formula is C13H14BrNO. The zero-order valence-electron chi connectivity index (χ0n) is 8.95. The summed E-state index contributed by atoms with van der Waals surface area (Å²) in [6, 6.07) is 8.16. The average molecular weight is 280 g/mol. The largest absolute Gasteiger partial charge is 0.458 e. The molecule has 1 aromatic carbocycles. The van der Waals surface area contributed by atoms with Gasteiger partial charge in [-0.1, -0.05) is 25.0 Å². The molecule has 0 saturated heterocycles. The van der Waals surface area contributed by atoms with Crippen molar-refractivity contribution in [3.05, 3.63) is 34.5 Å². The van der Waals surface area contributed by atoms with Gasteiger partial charge in [0.05, 0.1) is 10.5 Å². The van der Waals surface area contributed by atoms with Gasteiger partial charge >= 0.3 is 0 Å². The first-order valence-electron chi connectivity index (χ1n) is 5.67. The van der Waals surface area contributed by atoms with Crippen LogP contribution in [0.25, 0.3) is 11.0 Å². The number of nitrogens with two attached hydrogens (primary N) is 1. The van der Waals surface area contributed by atoms with Gasteiger partial charge in [0.15, 0.2) is 0 Å². The van der Waals surface area contributed by atoms with E-state index >= 15 is 0 Å². The van der Waals surface area contributed by atoms with E-state index in [1.165, 1.54) is 12.8 Å². The number of para-hydroxylation sites is 1. The van der Waals surface area contributed by atoms with Gasteiger partial charge in [0.1, 0.15) is 11.3 Å². The topological polar surface area (TPSA) is 39.2 Å². The minimum absolute atomic E-state index is 0.0480. The smallest absolute Gasteiger partial charge is 0.148 e. The lowest BCUT2D eigenvalue weighted by molar-refractivity contribution is 0.462. The molecule has 0 unspecified atom stereocenters. The van der Waals surface area contributed by atoms with Crippen LogP contribution in [0, 0.1) is 5.92 Å². The fourth-order valence-electron chi connectivity index (χ4n) is 2.06. The van der Waals surface area contributed by atoms with Gasteiger partial charge in [-0.2, -0.15) is 0 Å². The van der Waals surface area contributed by atoms with Gasteiger partial charge < -0.3 is 10.2 Å². The van der Waals surface area contributed by atoms with Crippen LogP contribution >= 0.6 is 15.9 Å². The van der Waals surface area contributed by atoms with Crippen molar-refractivity contribution in [2.24, 2.45) is 11.7 Å². The molecule has 3 heteroatoms. The van der Waals surface area contributed by atoms with E-state index in [1.807, 2.05) is 12.1 Å². The number of fused-ring (bicyclic) bond motifs is 1. The first kappa shape index (κ1) is 10.4. The second-order valence-corrected chi connectivity index (χ2v) is 5.45. The molecule has 1 aliphatic carbocycles. The molecule has 1 aliphatic rings. The molecule has 0 spiro atoms. The lowest BCUT2D eigenvalue weighted by Crippen LogP contribution is -2.09. The third-order valence-electron chi connectivity index (χ3n) is 3.16. The molecule has 1 aromatic heterocycles. The molecule has 0 radical (unpaired) electrons. The molecule has 16 heavy (non-hydrogen) atoms. The number of rotatable bonds is 3. The molecular weight excluding hydrogens is 266 g/mol. The first-order chi connectivity index (χ1) is 7.74. The standard InChI is InChI=1S/C13H14BrNO/c14-10-3-1-2-9-7-12(16-13(9)10)11(15)6-8-4-5-8/h1-3,7-8,11H,4-6,15H2/t11-/m1/s1. The van der Waals surface area contributed by atoms with Crippen molar-refractivity contribution in [2.45, 2.75) is 25.3 Å². The number of hydrogen-bond donors (Lipinski definition) is 1. The summed E-state index contributed by atoms with van der Waals surface area (Å²) in [5.41, 5.74) is 7.05. The maximum absolute atomic E-state index is 6.14. The molecule has 3 rings (SSSR count). The Balaban J connectivity index is 1.94. The average Bonchev–Trinajstić information content (AvgIpc) is 2.95. The van der Waals surface area contributed by atoms with Gasteiger partial charge in [-0.25, -0.2) is 0 Å². The second-order valence-electron chi connectivity index (χ2n) is 4.59. The Hall–Kier alpha value is -0.800. The Morgan fingerprint density at radius 3 is 2.94 bits per heavy atom. The van der Waals surface area contributed by atoms with E-state index in [0.29, 0.717) is 0 Å². The highest BCUT2D eigenvalue weighted by Crippen LogP contribution is 2.38. The van der Waals surface area contributed by atoms with Crippen molar-refractivity contribution in [1.29, 1.82) is 0 Å². The van der Waals surface area contributed by atoms with E-state index < -0.39 is 0 Å². The van der Waals surface area contributed by atoms with E-state index in [0.717, 1.165) is 33.5 Å². The predicted molar refractivity (Wildman–Crippen MR) is 68.2 cm³/mol. The Morgan fingerprint density at radius 1 is 1.44 bits per heavy atom. The van der Waals surface area contributed by atoms with Crippen LogP contribution in [-0.2, 0) is 0 Å². The zero-order valence-corrected chi connectivity index (χ0v) is 10.5. The molecule has 1 atom stereocenters. The summed E-state index contributed by atoms with van der Waals surface area (Å²) < 4.78 is 6.81. The molecule has 0 amide bonds. The van der Waals surface area contributed by atoms with E-state index in [1.54, 1.807) is 0 Å². The molecule has 1 saturated carbocycles. The Labute approximate surface area is 103 Å². The number of hydrogen-bond acceptors (Lipinski definition) is 2. The van der Waals surface area contributed by atoms with Crippen LogP contribution in [0.1, 0.15) is 31.1 Å². The summed E-state index contributed by atoms with van der Waals surface area (Å²) in [6.45, 7) is 0. The summed E-state index contributed by atoms with van der Waals surface area (Å²) in [5, 5.41) is 1.12. The summed E-state index contributed by atoms with van der Waals surface area (Å²) in [7, 11) is 0. The highest BCUT2D eigenvalue weighted by molar-refractivity contribution is 9.10. The van der Waals surface area contributed by atoms with Gasteiger partial charge in [-0.05, 0) is 40.4 Å². The van der Waals surface area contributed by atoms with Crippen molar-refractivity contribution >= 4 is 26.9 Å².